The molecule has 128 valence electrons. The van der Waals surface area contributed by atoms with Crippen molar-refractivity contribution in [2.75, 3.05) is 5.32 Å². The lowest BCUT2D eigenvalue weighted by atomic mass is 10.1. The summed E-state index contributed by atoms with van der Waals surface area (Å²) in [5.74, 6) is -0.0145. The summed E-state index contributed by atoms with van der Waals surface area (Å²) >= 11 is 3.36. The number of carbonyl (C=O) groups excluding carboxylic acids is 2. The van der Waals surface area contributed by atoms with E-state index in [1.165, 1.54) is 0 Å². The van der Waals surface area contributed by atoms with Gasteiger partial charge in [0.2, 0.25) is 11.7 Å². The number of nitrogens with one attached hydrogen (secondary N) is 1. The van der Waals surface area contributed by atoms with Crippen LogP contribution in [0.1, 0.15) is 36.4 Å². The van der Waals surface area contributed by atoms with Gasteiger partial charge in [0.1, 0.15) is 5.58 Å². The highest BCUT2D eigenvalue weighted by atomic mass is 79.9. The molecule has 1 amide bonds. The maximum atomic E-state index is 12.9. The minimum absolute atomic E-state index is 0.133. The Labute approximate surface area is 154 Å². The minimum Gasteiger partial charge on any atom is -0.450 e. The zero-order valence-electron chi connectivity index (χ0n) is 14.0. The number of carbonyl (C=O) groups is 2. The summed E-state index contributed by atoms with van der Waals surface area (Å²) in [5.41, 5.74) is 1.51. The van der Waals surface area contributed by atoms with Gasteiger partial charge < -0.3 is 9.73 Å². The molecular formula is C20H18BrNO3. The van der Waals surface area contributed by atoms with Crippen LogP contribution in [-0.2, 0) is 4.79 Å². The molecule has 1 heterocycles. The molecule has 0 aliphatic carbocycles. The second-order valence-corrected chi connectivity index (χ2v) is 7.20. The Kier molecular flexibility index (Phi) is 5.04. The number of rotatable bonds is 5. The molecule has 2 aromatic carbocycles. The summed E-state index contributed by atoms with van der Waals surface area (Å²) in [4.78, 5) is 25.1. The normalized spacial score (nSPS) is 11.0. The second kappa shape index (κ2) is 7.23. The Morgan fingerprint density at radius 3 is 2.44 bits per heavy atom. The number of amides is 1. The van der Waals surface area contributed by atoms with E-state index in [0.717, 1.165) is 9.86 Å². The van der Waals surface area contributed by atoms with Gasteiger partial charge in [0, 0.05) is 21.8 Å². The Balaban J connectivity index is 2.04. The first-order valence-electron chi connectivity index (χ1n) is 8.07. The number of fused-ring (bicyclic) bond motifs is 1. The predicted molar refractivity (Wildman–Crippen MR) is 102 cm³/mol. The van der Waals surface area contributed by atoms with Crippen molar-refractivity contribution in [2.45, 2.75) is 20.3 Å². The number of benzene rings is 2. The predicted octanol–water partition coefficient (Wildman–Crippen LogP) is 5.41. The number of hydrogen-bond acceptors (Lipinski definition) is 3. The minimum atomic E-state index is -0.261. The Hall–Kier alpha value is -2.40. The number of anilines is 1. The third kappa shape index (κ3) is 3.82. The summed E-state index contributed by atoms with van der Waals surface area (Å²) in [7, 11) is 0. The monoisotopic (exact) mass is 399 g/mol. The van der Waals surface area contributed by atoms with E-state index in [-0.39, 0.29) is 23.4 Å². The van der Waals surface area contributed by atoms with E-state index in [2.05, 4.69) is 21.2 Å². The first-order chi connectivity index (χ1) is 12.0. The molecule has 0 fully saturated rings. The van der Waals surface area contributed by atoms with Gasteiger partial charge in [-0.3, -0.25) is 9.59 Å². The van der Waals surface area contributed by atoms with Crippen LogP contribution in [0, 0.1) is 5.92 Å². The van der Waals surface area contributed by atoms with Crippen molar-refractivity contribution >= 4 is 44.3 Å². The lowest BCUT2D eigenvalue weighted by Crippen LogP contribution is -2.15. The van der Waals surface area contributed by atoms with Crippen LogP contribution in [0.4, 0.5) is 5.69 Å². The molecule has 0 aliphatic heterocycles. The summed E-state index contributed by atoms with van der Waals surface area (Å²) in [6, 6.07) is 14.3. The molecule has 0 aliphatic rings. The molecule has 0 unspecified atom stereocenters. The molecule has 25 heavy (non-hydrogen) atoms. The van der Waals surface area contributed by atoms with Crippen molar-refractivity contribution in [3.8, 4) is 0 Å². The molecule has 5 heteroatoms. The number of halogens is 1. The molecular weight excluding hydrogens is 382 g/mol. The number of para-hydroxylation sites is 1. The quantitative estimate of drug-likeness (QED) is 0.583. The lowest BCUT2D eigenvalue weighted by molar-refractivity contribution is -0.116. The van der Waals surface area contributed by atoms with E-state index in [1.54, 1.807) is 30.3 Å². The van der Waals surface area contributed by atoms with Gasteiger partial charge >= 0.3 is 0 Å². The van der Waals surface area contributed by atoms with Gasteiger partial charge in [0.25, 0.3) is 0 Å². The number of ketones is 1. The standard InChI is InChI=1S/C20H18BrNO3/c1-12(2)11-17(23)22-18-15-5-3-4-6-16(15)25-20(18)19(24)13-7-9-14(21)10-8-13/h3-10,12H,11H2,1-2H3,(H,22,23). The molecule has 0 spiro atoms. The van der Waals surface area contributed by atoms with E-state index in [4.69, 9.17) is 4.42 Å². The summed E-state index contributed by atoms with van der Waals surface area (Å²) in [6.07, 6.45) is 0.380. The summed E-state index contributed by atoms with van der Waals surface area (Å²) in [6.45, 7) is 3.95. The smallest absolute Gasteiger partial charge is 0.230 e. The van der Waals surface area contributed by atoms with Crippen LogP contribution in [0.25, 0.3) is 11.0 Å². The van der Waals surface area contributed by atoms with Gasteiger partial charge in [-0.15, -0.1) is 0 Å². The largest absolute Gasteiger partial charge is 0.450 e. The average molecular weight is 400 g/mol. The zero-order valence-corrected chi connectivity index (χ0v) is 15.6. The molecule has 0 bridgehead atoms. The molecule has 1 N–H and O–H groups in total. The van der Waals surface area contributed by atoms with Gasteiger partial charge in [-0.25, -0.2) is 0 Å². The summed E-state index contributed by atoms with van der Waals surface area (Å²) in [5, 5.41) is 3.59. The molecule has 1 aromatic heterocycles. The highest BCUT2D eigenvalue weighted by molar-refractivity contribution is 9.10. The van der Waals surface area contributed by atoms with Crippen molar-refractivity contribution < 1.29 is 14.0 Å². The maximum Gasteiger partial charge on any atom is 0.230 e. The van der Waals surface area contributed by atoms with Crippen LogP contribution < -0.4 is 5.32 Å². The fourth-order valence-electron chi connectivity index (χ4n) is 2.62. The van der Waals surface area contributed by atoms with Crippen LogP contribution in [0.3, 0.4) is 0 Å². The molecule has 0 saturated heterocycles. The fraction of sp³-hybridized carbons (Fsp3) is 0.200. The van der Waals surface area contributed by atoms with Crippen LogP contribution in [0.5, 0.6) is 0 Å². The molecule has 0 atom stereocenters. The maximum absolute atomic E-state index is 12.9. The van der Waals surface area contributed by atoms with E-state index < -0.39 is 0 Å². The number of furan rings is 1. The lowest BCUT2D eigenvalue weighted by Gasteiger charge is -2.08. The van der Waals surface area contributed by atoms with Gasteiger partial charge in [0.05, 0.1) is 5.69 Å². The molecule has 3 aromatic rings. The van der Waals surface area contributed by atoms with Crippen LogP contribution in [0.2, 0.25) is 0 Å². The molecule has 0 saturated carbocycles. The van der Waals surface area contributed by atoms with E-state index in [0.29, 0.717) is 23.3 Å². The SMILES string of the molecule is CC(C)CC(=O)Nc1c(C(=O)c2ccc(Br)cc2)oc2ccccc12. The third-order valence-corrected chi connectivity index (χ3v) is 4.29. The Bertz CT molecular complexity index is 926. The van der Waals surface area contributed by atoms with Gasteiger partial charge in [-0.2, -0.15) is 0 Å². The van der Waals surface area contributed by atoms with E-state index in [1.807, 2.05) is 32.0 Å². The van der Waals surface area contributed by atoms with Crippen molar-refractivity contribution in [3.63, 3.8) is 0 Å². The average Bonchev–Trinajstić information content (AvgIpc) is 2.93. The van der Waals surface area contributed by atoms with Gasteiger partial charge in [0.15, 0.2) is 5.76 Å². The fourth-order valence-corrected chi connectivity index (χ4v) is 2.89. The Morgan fingerprint density at radius 1 is 1.08 bits per heavy atom. The van der Waals surface area contributed by atoms with Gasteiger partial charge in [-0.05, 0) is 42.3 Å². The van der Waals surface area contributed by atoms with Crippen molar-refractivity contribution in [3.05, 3.63) is 64.3 Å². The van der Waals surface area contributed by atoms with Crippen molar-refractivity contribution in [1.82, 2.24) is 0 Å². The van der Waals surface area contributed by atoms with Crippen LogP contribution in [-0.4, -0.2) is 11.7 Å². The third-order valence-electron chi connectivity index (χ3n) is 3.77. The van der Waals surface area contributed by atoms with Gasteiger partial charge in [-0.1, -0.05) is 41.9 Å². The van der Waals surface area contributed by atoms with Crippen LogP contribution >= 0.6 is 15.9 Å². The number of hydrogen-bond donors (Lipinski definition) is 1. The van der Waals surface area contributed by atoms with Crippen molar-refractivity contribution in [1.29, 1.82) is 0 Å². The van der Waals surface area contributed by atoms with E-state index in [9.17, 15) is 9.59 Å². The summed E-state index contributed by atoms with van der Waals surface area (Å²) < 4.78 is 6.66. The second-order valence-electron chi connectivity index (χ2n) is 6.28. The first kappa shape index (κ1) is 17.4. The van der Waals surface area contributed by atoms with E-state index >= 15 is 0 Å². The topological polar surface area (TPSA) is 59.3 Å². The van der Waals surface area contributed by atoms with Crippen LogP contribution in [0.15, 0.2) is 57.4 Å². The zero-order chi connectivity index (χ0) is 18.0. The van der Waals surface area contributed by atoms with Crippen molar-refractivity contribution in [2.24, 2.45) is 5.92 Å². The highest BCUT2D eigenvalue weighted by Gasteiger charge is 2.23. The molecule has 3 rings (SSSR count). The highest BCUT2D eigenvalue weighted by Crippen LogP contribution is 2.33. The molecule has 4 nitrogen and oxygen atoms in total. The Morgan fingerprint density at radius 2 is 1.76 bits per heavy atom. The first-order valence-corrected chi connectivity index (χ1v) is 8.86. The molecule has 0 radical (unpaired) electrons.